The Balaban J connectivity index is 1.62. The Morgan fingerprint density at radius 3 is 2.64 bits per heavy atom. The van der Waals surface area contributed by atoms with E-state index in [1.165, 1.54) is 6.42 Å². The smallest absolute Gasteiger partial charge is 0.322 e. The zero-order chi connectivity index (χ0) is 19.9. The number of hydrogen-bond donors (Lipinski definition) is 1. The van der Waals surface area contributed by atoms with Crippen LogP contribution in [0.25, 0.3) is 0 Å². The minimum absolute atomic E-state index is 0.00225. The average Bonchev–Trinajstić information content (AvgIpc) is 2.73. The molecule has 0 aliphatic carbocycles. The maximum atomic E-state index is 13.1. The highest BCUT2D eigenvalue weighted by molar-refractivity contribution is 5.91. The summed E-state index contributed by atoms with van der Waals surface area (Å²) in [6.07, 6.45) is 4.47. The molecule has 28 heavy (non-hydrogen) atoms. The van der Waals surface area contributed by atoms with Crippen LogP contribution in [0.4, 0.5) is 10.5 Å². The lowest BCUT2D eigenvalue weighted by molar-refractivity contribution is 0.105. The number of amides is 2. The monoisotopic (exact) mass is 388 g/mol. The van der Waals surface area contributed by atoms with E-state index >= 15 is 0 Å². The molecule has 6 nitrogen and oxygen atoms in total. The van der Waals surface area contributed by atoms with Crippen LogP contribution in [-0.2, 0) is 0 Å². The molecule has 2 amide bonds. The minimum atomic E-state index is 0.00225. The highest BCUT2D eigenvalue weighted by Gasteiger charge is 2.31. The lowest BCUT2D eigenvalue weighted by atomic mass is 9.87. The van der Waals surface area contributed by atoms with Crippen molar-refractivity contribution in [1.82, 2.24) is 14.7 Å². The number of nitrogens with zero attached hydrogens (tertiary/aromatic N) is 3. The second kappa shape index (κ2) is 10.1. The van der Waals surface area contributed by atoms with Crippen LogP contribution >= 0.6 is 0 Å². The number of para-hydroxylation sites is 2. The molecule has 2 aliphatic heterocycles. The average molecular weight is 389 g/mol. The first kappa shape index (κ1) is 20.9. The van der Waals surface area contributed by atoms with Gasteiger partial charge in [0.25, 0.3) is 0 Å². The number of urea groups is 1. The third kappa shape index (κ3) is 5.39. The molecule has 2 atom stereocenters. The van der Waals surface area contributed by atoms with Crippen LogP contribution in [0.15, 0.2) is 24.3 Å². The van der Waals surface area contributed by atoms with E-state index in [0.29, 0.717) is 11.8 Å². The van der Waals surface area contributed by atoms with Gasteiger partial charge in [-0.15, -0.1) is 0 Å². The fourth-order valence-corrected chi connectivity index (χ4v) is 4.38. The van der Waals surface area contributed by atoms with Gasteiger partial charge in [-0.25, -0.2) is 4.79 Å². The fraction of sp³-hybridized carbons (Fsp3) is 0.682. The molecule has 0 radical (unpaired) electrons. The van der Waals surface area contributed by atoms with Gasteiger partial charge < -0.3 is 24.8 Å². The highest BCUT2D eigenvalue weighted by Crippen LogP contribution is 2.29. The lowest BCUT2D eigenvalue weighted by Gasteiger charge is -2.41. The number of methoxy groups -OCH3 is 1. The Labute approximate surface area is 169 Å². The quantitative estimate of drug-likeness (QED) is 0.812. The summed E-state index contributed by atoms with van der Waals surface area (Å²) in [4.78, 5) is 20.1. The topological polar surface area (TPSA) is 48.1 Å². The number of hydrogen-bond acceptors (Lipinski definition) is 4. The molecule has 0 bridgehead atoms. The molecule has 2 saturated heterocycles. The van der Waals surface area contributed by atoms with Crippen molar-refractivity contribution in [1.29, 1.82) is 0 Å². The number of anilines is 1. The van der Waals surface area contributed by atoms with Crippen LogP contribution in [0.2, 0.25) is 0 Å². The molecule has 1 aromatic carbocycles. The summed E-state index contributed by atoms with van der Waals surface area (Å²) in [5.74, 6) is 1.43. The van der Waals surface area contributed by atoms with Crippen LogP contribution in [0, 0.1) is 5.92 Å². The molecule has 1 aromatic rings. The molecule has 2 fully saturated rings. The summed E-state index contributed by atoms with van der Waals surface area (Å²) >= 11 is 0. The van der Waals surface area contributed by atoms with Gasteiger partial charge >= 0.3 is 6.03 Å². The van der Waals surface area contributed by atoms with E-state index in [2.05, 4.69) is 34.0 Å². The van der Waals surface area contributed by atoms with E-state index in [1.54, 1.807) is 7.11 Å². The van der Waals surface area contributed by atoms with Gasteiger partial charge in [0.15, 0.2) is 0 Å². The Kier molecular flexibility index (Phi) is 7.57. The summed E-state index contributed by atoms with van der Waals surface area (Å²) < 4.78 is 5.39. The van der Waals surface area contributed by atoms with Gasteiger partial charge in [-0.05, 0) is 44.4 Å². The van der Waals surface area contributed by atoms with Gasteiger partial charge in [-0.3, -0.25) is 0 Å². The predicted octanol–water partition coefficient (Wildman–Crippen LogP) is 3.36. The number of carbonyl (C=O) groups is 1. The normalized spacial score (nSPS) is 24.2. The molecule has 0 aromatic heterocycles. The van der Waals surface area contributed by atoms with E-state index in [1.807, 2.05) is 24.3 Å². The largest absolute Gasteiger partial charge is 0.495 e. The number of rotatable bonds is 6. The molecule has 2 aliphatic rings. The van der Waals surface area contributed by atoms with Crippen molar-refractivity contribution in [3.8, 4) is 5.75 Å². The van der Waals surface area contributed by atoms with Crippen molar-refractivity contribution in [3.05, 3.63) is 24.3 Å². The Morgan fingerprint density at radius 1 is 1.18 bits per heavy atom. The number of likely N-dealkylation sites (tertiary alicyclic amines) is 1. The number of piperazine rings is 1. The first-order valence-corrected chi connectivity index (χ1v) is 10.7. The number of benzene rings is 1. The van der Waals surface area contributed by atoms with E-state index in [9.17, 15) is 4.79 Å². The molecule has 2 unspecified atom stereocenters. The highest BCUT2D eigenvalue weighted by atomic mass is 16.5. The summed E-state index contributed by atoms with van der Waals surface area (Å²) in [5, 5.41) is 3.08. The first-order chi connectivity index (χ1) is 13.6. The van der Waals surface area contributed by atoms with E-state index in [-0.39, 0.29) is 6.03 Å². The van der Waals surface area contributed by atoms with Crippen molar-refractivity contribution < 1.29 is 9.53 Å². The van der Waals surface area contributed by atoms with Gasteiger partial charge in [0.2, 0.25) is 0 Å². The third-order valence-corrected chi connectivity index (χ3v) is 6.39. The van der Waals surface area contributed by atoms with Crippen molar-refractivity contribution >= 4 is 11.7 Å². The second-order valence-corrected chi connectivity index (χ2v) is 8.21. The van der Waals surface area contributed by atoms with Crippen molar-refractivity contribution in [2.75, 3.05) is 58.7 Å². The van der Waals surface area contributed by atoms with E-state index < -0.39 is 0 Å². The van der Waals surface area contributed by atoms with Crippen LogP contribution in [0.5, 0.6) is 5.75 Å². The van der Waals surface area contributed by atoms with E-state index in [4.69, 9.17) is 4.74 Å². The van der Waals surface area contributed by atoms with Crippen molar-refractivity contribution in [2.24, 2.45) is 5.92 Å². The summed E-state index contributed by atoms with van der Waals surface area (Å²) in [6, 6.07) is 7.93. The van der Waals surface area contributed by atoms with Gasteiger partial charge in [-0.2, -0.15) is 0 Å². The van der Waals surface area contributed by atoms with Gasteiger partial charge in [0.05, 0.1) is 12.8 Å². The second-order valence-electron chi connectivity index (χ2n) is 8.21. The lowest BCUT2D eigenvalue weighted by Crippen LogP contribution is -2.50. The maximum Gasteiger partial charge on any atom is 0.322 e. The molecule has 6 heteroatoms. The Bertz CT molecular complexity index is 631. The summed E-state index contributed by atoms with van der Waals surface area (Å²) in [6.45, 7) is 8.73. The molecule has 2 heterocycles. The van der Waals surface area contributed by atoms with Crippen molar-refractivity contribution in [3.63, 3.8) is 0 Å². The van der Waals surface area contributed by atoms with Gasteiger partial charge in [0.1, 0.15) is 5.75 Å². The zero-order valence-corrected chi connectivity index (χ0v) is 17.7. The number of carbonyl (C=O) groups excluding carboxylic acids is 1. The van der Waals surface area contributed by atoms with Gasteiger partial charge in [0, 0.05) is 45.3 Å². The SMILES string of the molecule is CCC1CCN(C(=O)Nc2ccccc2OC)C(CCN2CCN(C)CC2)C1. The summed E-state index contributed by atoms with van der Waals surface area (Å²) in [7, 11) is 3.82. The Hall–Kier alpha value is -1.79. The Morgan fingerprint density at radius 2 is 1.93 bits per heavy atom. The summed E-state index contributed by atoms with van der Waals surface area (Å²) in [5.41, 5.74) is 0.741. The molecule has 156 valence electrons. The minimum Gasteiger partial charge on any atom is -0.495 e. The van der Waals surface area contributed by atoms with Crippen molar-refractivity contribution in [2.45, 2.75) is 38.6 Å². The van der Waals surface area contributed by atoms with Crippen LogP contribution < -0.4 is 10.1 Å². The number of nitrogens with one attached hydrogen (secondary N) is 1. The zero-order valence-electron chi connectivity index (χ0n) is 17.7. The third-order valence-electron chi connectivity index (χ3n) is 6.39. The molecule has 1 N–H and O–H groups in total. The predicted molar refractivity (Wildman–Crippen MR) is 114 cm³/mol. The molecular weight excluding hydrogens is 352 g/mol. The molecule has 0 saturated carbocycles. The number of ether oxygens (including phenoxy) is 1. The van der Waals surface area contributed by atoms with E-state index in [0.717, 1.165) is 70.1 Å². The number of piperidine rings is 1. The fourth-order valence-electron chi connectivity index (χ4n) is 4.38. The standard InChI is InChI=1S/C22H36N4O2/c1-4-18-9-12-26(22(27)23-20-7-5-6-8-21(20)28-3)19(17-18)10-11-25-15-13-24(2)14-16-25/h5-8,18-19H,4,9-17H2,1-3H3,(H,23,27). The first-order valence-electron chi connectivity index (χ1n) is 10.7. The molecule has 3 rings (SSSR count). The number of likely N-dealkylation sites (N-methyl/N-ethyl adjacent to an activating group) is 1. The van der Waals surface area contributed by atoms with Crippen LogP contribution in [0.3, 0.4) is 0 Å². The molecular formula is C22H36N4O2. The van der Waals surface area contributed by atoms with Gasteiger partial charge in [-0.1, -0.05) is 25.5 Å². The van der Waals surface area contributed by atoms with Crippen LogP contribution in [0.1, 0.15) is 32.6 Å². The van der Waals surface area contributed by atoms with Crippen LogP contribution in [-0.4, -0.2) is 80.2 Å². The maximum absolute atomic E-state index is 13.1. The molecule has 0 spiro atoms.